The Hall–Kier alpha value is -0.0200. The third kappa shape index (κ3) is 4.24. The van der Waals surface area contributed by atoms with Gasteiger partial charge < -0.3 is 5.32 Å². The Kier molecular flexibility index (Phi) is 5.58. The van der Waals surface area contributed by atoms with Gasteiger partial charge >= 0.3 is 0 Å². The normalized spacial score (nSPS) is 23.6. The van der Waals surface area contributed by atoms with Crippen molar-refractivity contribution in [2.45, 2.75) is 46.5 Å². The minimum Gasteiger partial charge on any atom is -0.383 e. The summed E-state index contributed by atoms with van der Waals surface area (Å²) < 4.78 is 2.27. The quantitative estimate of drug-likeness (QED) is 0.610. The van der Waals surface area contributed by atoms with Crippen molar-refractivity contribution in [1.82, 2.24) is 0 Å². The van der Waals surface area contributed by atoms with Gasteiger partial charge in [-0.25, -0.2) is 0 Å². The standard InChI is InChI=1S/C17H25Br2N/c1-17(2,3)13-9-7-12(8-10-13)11-20-16-14(18)5-4-6-15(16)19/h4-6,12-13,20H,7-11H2,1-3H3. The smallest absolute Gasteiger partial charge is 0.0629 e. The molecule has 0 radical (unpaired) electrons. The van der Waals surface area contributed by atoms with Crippen molar-refractivity contribution < 1.29 is 0 Å². The number of hydrogen-bond donors (Lipinski definition) is 1. The van der Waals surface area contributed by atoms with Gasteiger partial charge in [-0.05, 0) is 86.9 Å². The first-order valence-electron chi connectivity index (χ1n) is 7.56. The molecule has 0 unspecified atom stereocenters. The highest BCUT2D eigenvalue weighted by atomic mass is 79.9. The Bertz CT molecular complexity index is 423. The molecule has 1 saturated carbocycles. The van der Waals surface area contributed by atoms with Crippen LogP contribution in [0.4, 0.5) is 5.69 Å². The molecule has 0 atom stereocenters. The van der Waals surface area contributed by atoms with Gasteiger partial charge in [-0.2, -0.15) is 0 Å². The van der Waals surface area contributed by atoms with Crippen LogP contribution in [0.5, 0.6) is 0 Å². The van der Waals surface area contributed by atoms with Crippen LogP contribution >= 0.6 is 31.9 Å². The second-order valence-corrected chi connectivity index (χ2v) is 8.77. The summed E-state index contributed by atoms with van der Waals surface area (Å²) >= 11 is 7.23. The number of anilines is 1. The molecule has 1 aromatic carbocycles. The lowest BCUT2D eigenvalue weighted by Crippen LogP contribution is -2.28. The minimum atomic E-state index is 0.476. The Morgan fingerprint density at radius 3 is 2.10 bits per heavy atom. The van der Waals surface area contributed by atoms with Crippen LogP contribution in [0, 0.1) is 17.3 Å². The zero-order valence-electron chi connectivity index (χ0n) is 12.7. The molecule has 0 aliphatic heterocycles. The summed E-state index contributed by atoms with van der Waals surface area (Å²) in [6, 6.07) is 6.22. The van der Waals surface area contributed by atoms with Gasteiger partial charge in [0.2, 0.25) is 0 Å². The zero-order valence-corrected chi connectivity index (χ0v) is 15.9. The highest BCUT2D eigenvalue weighted by Gasteiger charge is 2.29. The molecule has 0 saturated heterocycles. The van der Waals surface area contributed by atoms with Crippen LogP contribution in [0.2, 0.25) is 0 Å². The van der Waals surface area contributed by atoms with Crippen LogP contribution in [-0.2, 0) is 0 Å². The highest BCUT2D eigenvalue weighted by Crippen LogP contribution is 2.40. The minimum absolute atomic E-state index is 0.476. The van der Waals surface area contributed by atoms with E-state index in [1.807, 2.05) is 6.07 Å². The van der Waals surface area contributed by atoms with Gasteiger partial charge in [0.15, 0.2) is 0 Å². The van der Waals surface area contributed by atoms with E-state index >= 15 is 0 Å². The molecule has 0 spiro atoms. The SMILES string of the molecule is CC(C)(C)C1CCC(CNc2c(Br)cccc2Br)CC1. The Labute approximate surface area is 140 Å². The summed E-state index contributed by atoms with van der Waals surface area (Å²) in [5.41, 5.74) is 1.66. The number of halogens is 2. The van der Waals surface area contributed by atoms with Gasteiger partial charge in [0.1, 0.15) is 0 Å². The van der Waals surface area contributed by atoms with Crippen LogP contribution in [0.15, 0.2) is 27.1 Å². The second kappa shape index (κ2) is 6.83. The monoisotopic (exact) mass is 401 g/mol. The maximum Gasteiger partial charge on any atom is 0.0629 e. The molecule has 0 amide bonds. The van der Waals surface area contributed by atoms with Crippen molar-refractivity contribution >= 4 is 37.5 Å². The maximum absolute atomic E-state index is 3.62. The molecule has 1 fully saturated rings. The van der Waals surface area contributed by atoms with E-state index in [-0.39, 0.29) is 0 Å². The van der Waals surface area contributed by atoms with Crippen molar-refractivity contribution in [2.75, 3.05) is 11.9 Å². The van der Waals surface area contributed by atoms with Crippen molar-refractivity contribution in [3.05, 3.63) is 27.1 Å². The van der Waals surface area contributed by atoms with Crippen molar-refractivity contribution in [3.8, 4) is 0 Å². The average Bonchev–Trinajstić information content (AvgIpc) is 2.37. The van der Waals surface area contributed by atoms with E-state index in [1.54, 1.807) is 0 Å². The first kappa shape index (κ1) is 16.4. The lowest BCUT2D eigenvalue weighted by molar-refractivity contribution is 0.153. The number of hydrogen-bond acceptors (Lipinski definition) is 1. The van der Waals surface area contributed by atoms with Crippen LogP contribution in [0.1, 0.15) is 46.5 Å². The summed E-state index contributed by atoms with van der Waals surface area (Å²) in [7, 11) is 0. The molecule has 3 heteroatoms. The molecule has 20 heavy (non-hydrogen) atoms. The lowest BCUT2D eigenvalue weighted by atomic mass is 9.70. The Balaban J connectivity index is 1.85. The topological polar surface area (TPSA) is 12.0 Å². The lowest BCUT2D eigenvalue weighted by Gasteiger charge is -2.37. The number of rotatable bonds is 3. The summed E-state index contributed by atoms with van der Waals surface area (Å²) in [4.78, 5) is 0. The molecular weight excluding hydrogens is 378 g/mol. The molecule has 2 rings (SSSR count). The third-order valence-corrected chi connectivity index (χ3v) is 5.92. The maximum atomic E-state index is 3.62. The summed E-state index contributed by atoms with van der Waals surface area (Å²) in [6.45, 7) is 8.23. The molecular formula is C17H25Br2N. The van der Waals surface area contributed by atoms with Crippen LogP contribution in [-0.4, -0.2) is 6.54 Å². The Morgan fingerprint density at radius 2 is 1.60 bits per heavy atom. The largest absolute Gasteiger partial charge is 0.383 e. The number of nitrogens with one attached hydrogen (secondary N) is 1. The average molecular weight is 403 g/mol. The van der Waals surface area contributed by atoms with Crippen LogP contribution < -0.4 is 5.32 Å². The van der Waals surface area contributed by atoms with Crippen LogP contribution in [0.25, 0.3) is 0 Å². The predicted octanol–water partition coefficient (Wildman–Crippen LogP) is 6.48. The van der Waals surface area contributed by atoms with Gasteiger partial charge in [-0.15, -0.1) is 0 Å². The van der Waals surface area contributed by atoms with Gasteiger partial charge in [0.25, 0.3) is 0 Å². The predicted molar refractivity (Wildman–Crippen MR) is 95.2 cm³/mol. The summed E-state index contributed by atoms with van der Waals surface area (Å²) in [6.07, 6.45) is 5.48. The van der Waals surface area contributed by atoms with Gasteiger partial charge in [-0.3, -0.25) is 0 Å². The van der Waals surface area contributed by atoms with E-state index < -0.39 is 0 Å². The molecule has 1 aliphatic rings. The fraction of sp³-hybridized carbons (Fsp3) is 0.647. The van der Waals surface area contributed by atoms with E-state index in [1.165, 1.54) is 31.4 Å². The van der Waals surface area contributed by atoms with Gasteiger partial charge in [0.05, 0.1) is 5.69 Å². The van der Waals surface area contributed by atoms with Gasteiger partial charge in [-0.1, -0.05) is 26.8 Å². The highest BCUT2D eigenvalue weighted by molar-refractivity contribution is 9.11. The first-order chi connectivity index (χ1) is 9.38. The summed E-state index contributed by atoms with van der Waals surface area (Å²) in [5, 5.41) is 3.61. The van der Waals surface area contributed by atoms with Crippen molar-refractivity contribution in [2.24, 2.45) is 17.3 Å². The van der Waals surface area contributed by atoms with E-state index in [0.29, 0.717) is 5.41 Å². The van der Waals surface area contributed by atoms with E-state index in [2.05, 4.69) is 70.1 Å². The molecule has 1 aliphatic carbocycles. The molecule has 0 aromatic heterocycles. The van der Waals surface area contributed by atoms with E-state index in [4.69, 9.17) is 0 Å². The number of benzene rings is 1. The molecule has 112 valence electrons. The van der Waals surface area contributed by atoms with Crippen molar-refractivity contribution in [3.63, 3.8) is 0 Å². The molecule has 0 bridgehead atoms. The molecule has 1 aromatic rings. The van der Waals surface area contributed by atoms with Crippen LogP contribution in [0.3, 0.4) is 0 Å². The van der Waals surface area contributed by atoms with E-state index in [0.717, 1.165) is 27.3 Å². The van der Waals surface area contributed by atoms with Crippen molar-refractivity contribution in [1.29, 1.82) is 0 Å². The molecule has 1 nitrogen and oxygen atoms in total. The molecule has 0 heterocycles. The zero-order chi connectivity index (χ0) is 14.8. The third-order valence-electron chi connectivity index (χ3n) is 4.60. The Morgan fingerprint density at radius 1 is 1.05 bits per heavy atom. The van der Waals surface area contributed by atoms with E-state index in [9.17, 15) is 0 Å². The van der Waals surface area contributed by atoms with Gasteiger partial charge in [0, 0.05) is 15.5 Å². The second-order valence-electron chi connectivity index (χ2n) is 7.06. The fourth-order valence-electron chi connectivity index (χ4n) is 3.15. The number of para-hydroxylation sites is 1. The molecule has 1 N–H and O–H groups in total. The summed E-state index contributed by atoms with van der Waals surface area (Å²) in [5.74, 6) is 1.71. The fourth-order valence-corrected chi connectivity index (χ4v) is 4.42. The first-order valence-corrected chi connectivity index (χ1v) is 9.14.